The van der Waals surface area contributed by atoms with Crippen molar-refractivity contribution < 1.29 is 9.90 Å². The number of rotatable bonds is 0. The topological polar surface area (TPSA) is 49.7 Å². The number of ketones is 1. The highest BCUT2D eigenvalue weighted by atomic mass is 16.2. The zero-order chi connectivity index (χ0) is 6.85. The fourth-order valence-electron chi connectivity index (χ4n) is 0.731. The van der Waals surface area contributed by atoms with Crippen LogP contribution in [0.4, 0.5) is 0 Å². The molecule has 3 heteroatoms. The van der Waals surface area contributed by atoms with Crippen molar-refractivity contribution in [3.63, 3.8) is 0 Å². The average molecular weight is 125 g/mol. The molecule has 0 saturated heterocycles. The van der Waals surface area contributed by atoms with E-state index in [1.807, 2.05) is 0 Å². The predicted molar refractivity (Wildman–Crippen MR) is 33.4 cm³/mol. The summed E-state index contributed by atoms with van der Waals surface area (Å²) in [7, 11) is 0. The quantitative estimate of drug-likeness (QED) is 0.385. The van der Waals surface area contributed by atoms with E-state index in [-0.39, 0.29) is 11.5 Å². The van der Waals surface area contributed by atoms with Crippen LogP contribution in [0.15, 0.2) is 17.0 Å². The summed E-state index contributed by atoms with van der Waals surface area (Å²) >= 11 is 0. The lowest BCUT2D eigenvalue weighted by Gasteiger charge is -1.81. The minimum absolute atomic E-state index is 0.102. The molecule has 0 fully saturated rings. The molecule has 0 aromatic rings. The summed E-state index contributed by atoms with van der Waals surface area (Å²) in [6, 6.07) is 0. The maximum Gasteiger partial charge on any atom is 0.189 e. The Hall–Kier alpha value is -1.12. The lowest BCUT2D eigenvalue weighted by atomic mass is 10.2. The van der Waals surface area contributed by atoms with Crippen molar-refractivity contribution in [1.29, 1.82) is 0 Å². The van der Waals surface area contributed by atoms with E-state index in [4.69, 9.17) is 5.11 Å². The summed E-state index contributed by atoms with van der Waals surface area (Å²) in [5, 5.41) is 8.36. The van der Waals surface area contributed by atoms with Crippen molar-refractivity contribution >= 4 is 11.5 Å². The maximum absolute atomic E-state index is 10.7. The fourth-order valence-corrected chi connectivity index (χ4v) is 0.731. The molecule has 0 saturated carbocycles. The minimum atomic E-state index is -0.102. The van der Waals surface area contributed by atoms with Gasteiger partial charge in [0.1, 0.15) is 12.0 Å². The molecule has 1 heterocycles. The van der Waals surface area contributed by atoms with Crippen LogP contribution >= 0.6 is 0 Å². The van der Waals surface area contributed by atoms with Crippen molar-refractivity contribution in [2.45, 2.75) is 13.3 Å². The first-order chi connectivity index (χ1) is 4.24. The number of nitrogens with zero attached hydrogens (tertiary/aromatic N) is 1. The van der Waals surface area contributed by atoms with Gasteiger partial charge in [-0.2, -0.15) is 0 Å². The Morgan fingerprint density at radius 2 is 2.44 bits per heavy atom. The molecular formula is C6H7NO2. The molecule has 0 atom stereocenters. The number of Topliss-reactive ketones (excluding diaryl/α,β-unsaturated/α-hetero) is 1. The van der Waals surface area contributed by atoms with E-state index in [1.54, 1.807) is 6.92 Å². The molecule has 0 amide bonds. The van der Waals surface area contributed by atoms with E-state index >= 15 is 0 Å². The largest absolute Gasteiger partial charge is 0.513 e. The number of hydrogen-bond acceptors (Lipinski definition) is 3. The summed E-state index contributed by atoms with van der Waals surface area (Å²) in [4.78, 5) is 14.4. The average Bonchev–Trinajstić information content (AvgIpc) is 2.10. The van der Waals surface area contributed by atoms with Crippen molar-refractivity contribution in [2.75, 3.05) is 0 Å². The van der Waals surface area contributed by atoms with Crippen LogP contribution in [0.5, 0.6) is 0 Å². The van der Waals surface area contributed by atoms with Crippen LogP contribution in [0, 0.1) is 0 Å². The van der Waals surface area contributed by atoms with Crippen LogP contribution in [0.2, 0.25) is 0 Å². The molecule has 9 heavy (non-hydrogen) atoms. The van der Waals surface area contributed by atoms with Crippen LogP contribution in [0.1, 0.15) is 13.3 Å². The first-order valence-electron chi connectivity index (χ1n) is 2.66. The Bertz CT molecular complexity index is 203. The van der Waals surface area contributed by atoms with Gasteiger partial charge in [-0.15, -0.1) is 0 Å². The summed E-state index contributed by atoms with van der Waals surface area (Å²) in [5.41, 5.74) is 0.938. The molecule has 3 nitrogen and oxygen atoms in total. The van der Waals surface area contributed by atoms with Crippen LogP contribution in [0.25, 0.3) is 0 Å². The summed E-state index contributed by atoms with van der Waals surface area (Å²) in [6.07, 6.45) is 1.10. The molecule has 48 valence electrons. The molecule has 0 unspecified atom stereocenters. The van der Waals surface area contributed by atoms with E-state index in [0.29, 0.717) is 6.42 Å². The van der Waals surface area contributed by atoms with Gasteiger partial charge in [-0.1, -0.05) is 0 Å². The van der Waals surface area contributed by atoms with Gasteiger partial charge in [-0.25, -0.2) is 0 Å². The number of aliphatic hydroxyl groups excluding tert-OH is 1. The number of carbonyl (C=O) groups is 1. The summed E-state index contributed by atoms with van der Waals surface area (Å²) < 4.78 is 0. The molecule has 0 aliphatic carbocycles. The van der Waals surface area contributed by atoms with E-state index in [0.717, 1.165) is 12.0 Å². The van der Waals surface area contributed by atoms with Crippen LogP contribution in [-0.4, -0.2) is 16.6 Å². The predicted octanol–water partition coefficient (Wildman–Crippen LogP) is 0.820. The normalized spacial score (nSPS) is 23.0. The van der Waals surface area contributed by atoms with Crippen molar-refractivity contribution in [2.24, 2.45) is 4.99 Å². The number of aliphatic imine (C=N–C) groups is 1. The number of carbonyl (C=O) groups excluding carboxylic acids is 1. The summed E-state index contributed by atoms with van der Waals surface area (Å²) in [6.45, 7) is 1.76. The highest BCUT2D eigenvalue weighted by Gasteiger charge is 2.16. The van der Waals surface area contributed by atoms with E-state index in [1.165, 1.54) is 0 Å². The van der Waals surface area contributed by atoms with Gasteiger partial charge < -0.3 is 5.11 Å². The van der Waals surface area contributed by atoms with Crippen LogP contribution in [-0.2, 0) is 4.79 Å². The second-order valence-corrected chi connectivity index (χ2v) is 1.96. The molecule has 1 aliphatic heterocycles. The van der Waals surface area contributed by atoms with Crippen LogP contribution < -0.4 is 0 Å². The Balaban J connectivity index is 2.89. The molecule has 0 aromatic heterocycles. The Morgan fingerprint density at radius 1 is 1.78 bits per heavy atom. The molecule has 1 rings (SSSR count). The van der Waals surface area contributed by atoms with E-state index in [2.05, 4.69) is 4.99 Å². The summed E-state index contributed by atoms with van der Waals surface area (Å²) in [5.74, 6) is -0.102. The zero-order valence-electron chi connectivity index (χ0n) is 5.09. The van der Waals surface area contributed by atoms with Gasteiger partial charge in [-0.05, 0) is 6.92 Å². The van der Waals surface area contributed by atoms with E-state index in [9.17, 15) is 4.79 Å². The van der Waals surface area contributed by atoms with Gasteiger partial charge in [0, 0.05) is 5.71 Å². The first kappa shape index (κ1) is 6.01. The number of aliphatic hydroxyl groups is 1. The molecule has 0 spiro atoms. The van der Waals surface area contributed by atoms with Gasteiger partial charge in [0.05, 0.1) is 6.42 Å². The van der Waals surface area contributed by atoms with Crippen LogP contribution in [0.3, 0.4) is 0 Å². The maximum atomic E-state index is 10.7. The molecular weight excluding hydrogens is 118 g/mol. The second kappa shape index (κ2) is 2.01. The third kappa shape index (κ3) is 0.988. The Kier molecular flexibility index (Phi) is 1.34. The lowest BCUT2D eigenvalue weighted by molar-refractivity contribution is -0.114. The number of allylic oxidation sites excluding steroid dienone is 1. The molecule has 0 aromatic carbocycles. The van der Waals surface area contributed by atoms with Gasteiger partial charge in [-0.3, -0.25) is 9.79 Å². The molecule has 0 bridgehead atoms. The molecule has 0 radical (unpaired) electrons. The van der Waals surface area contributed by atoms with Crippen molar-refractivity contribution in [3.8, 4) is 0 Å². The van der Waals surface area contributed by atoms with Gasteiger partial charge in [0.25, 0.3) is 0 Å². The zero-order valence-corrected chi connectivity index (χ0v) is 5.09. The van der Waals surface area contributed by atoms with Gasteiger partial charge in [0.15, 0.2) is 5.78 Å². The Labute approximate surface area is 52.7 Å². The first-order valence-corrected chi connectivity index (χ1v) is 2.66. The van der Waals surface area contributed by atoms with Crippen molar-refractivity contribution in [3.05, 3.63) is 12.0 Å². The van der Waals surface area contributed by atoms with Gasteiger partial charge in [0.2, 0.25) is 0 Å². The highest BCUT2D eigenvalue weighted by molar-refractivity contribution is 6.14. The van der Waals surface area contributed by atoms with Gasteiger partial charge >= 0.3 is 0 Å². The lowest BCUT2D eigenvalue weighted by Crippen LogP contribution is -1.94. The number of hydrogen-bond donors (Lipinski definition) is 1. The molecule has 1 aliphatic rings. The third-order valence-electron chi connectivity index (χ3n) is 1.14. The SMILES string of the molecule is CC1=N/C(=C/O)C(=O)C1. The smallest absolute Gasteiger partial charge is 0.189 e. The standard InChI is InChI=1S/C6H7NO2/c1-4-2-6(9)5(3-8)7-4/h3,8H,2H2,1H3/b5-3+. The second-order valence-electron chi connectivity index (χ2n) is 1.96. The monoisotopic (exact) mass is 125 g/mol. The Morgan fingerprint density at radius 3 is 2.67 bits per heavy atom. The highest BCUT2D eigenvalue weighted by Crippen LogP contribution is 2.11. The third-order valence-corrected chi connectivity index (χ3v) is 1.14. The molecule has 1 N–H and O–H groups in total. The minimum Gasteiger partial charge on any atom is -0.513 e. The van der Waals surface area contributed by atoms with Crippen molar-refractivity contribution in [1.82, 2.24) is 0 Å². The fraction of sp³-hybridized carbons (Fsp3) is 0.333. The van der Waals surface area contributed by atoms with E-state index < -0.39 is 0 Å².